The average Bonchev–Trinajstić information content (AvgIpc) is 3.19. The lowest BCUT2D eigenvalue weighted by Gasteiger charge is -2.41. The summed E-state index contributed by atoms with van der Waals surface area (Å²) in [5, 5.41) is 56.8. The number of quaternary nitrogens is 2. The smallest absolute Gasteiger partial charge is 0.312 e. The van der Waals surface area contributed by atoms with Crippen LogP contribution in [0.4, 0.5) is 0 Å². The van der Waals surface area contributed by atoms with Crippen LogP contribution in [0.15, 0.2) is 0 Å². The van der Waals surface area contributed by atoms with Crippen molar-refractivity contribution in [2.75, 3.05) is 26.3 Å². The zero-order valence-corrected chi connectivity index (χ0v) is 18.4. The van der Waals surface area contributed by atoms with Crippen molar-refractivity contribution in [2.45, 2.75) is 56.4 Å². The molecule has 2 rings (SSSR count). The van der Waals surface area contributed by atoms with Gasteiger partial charge in [-0.1, -0.05) is 0 Å². The van der Waals surface area contributed by atoms with E-state index in [9.17, 15) is 39.8 Å². The van der Waals surface area contributed by atoms with Gasteiger partial charge in [-0.25, -0.2) is 20.9 Å². The van der Waals surface area contributed by atoms with Crippen molar-refractivity contribution in [2.24, 2.45) is 5.92 Å². The van der Waals surface area contributed by atoms with Gasteiger partial charge >= 0.3 is 23.9 Å². The Hall–Kier alpha value is -2.48. The Labute approximate surface area is 197 Å². The number of carbonyl (C=O) groups is 4. The van der Waals surface area contributed by atoms with Crippen molar-refractivity contribution in [1.82, 2.24) is 0 Å². The average molecular weight is 512 g/mol. The molecule has 17 nitrogen and oxygen atoms in total. The van der Waals surface area contributed by atoms with Crippen molar-refractivity contribution in [3.63, 3.8) is 0 Å². The molecule has 0 amide bonds. The maximum Gasteiger partial charge on any atom is 0.312 e. The predicted molar refractivity (Wildman–Crippen MR) is 102 cm³/mol. The summed E-state index contributed by atoms with van der Waals surface area (Å²) in [6.45, 7) is -1.75. The van der Waals surface area contributed by atoms with E-state index in [1.165, 1.54) is 0 Å². The van der Waals surface area contributed by atoms with Crippen LogP contribution in [0.1, 0.15) is 25.7 Å². The topological polar surface area (TPSA) is 250 Å². The van der Waals surface area contributed by atoms with Gasteiger partial charge in [-0.3, -0.25) is 19.2 Å². The normalized spacial score (nSPS) is 30.2. The molecule has 0 bridgehead atoms. The van der Waals surface area contributed by atoms with Gasteiger partial charge in [0, 0.05) is 5.92 Å². The third-order valence-electron chi connectivity index (χ3n) is 5.04. The third kappa shape index (κ3) is 9.59. The maximum atomic E-state index is 12.4. The Balaban J connectivity index is 2.04. The molecule has 0 radical (unpaired) electrons. The first-order valence-electron chi connectivity index (χ1n) is 10.6. The zero-order valence-electron chi connectivity index (χ0n) is 18.4. The van der Waals surface area contributed by atoms with E-state index < -0.39 is 103 Å². The van der Waals surface area contributed by atoms with Crippen molar-refractivity contribution in [1.29, 1.82) is 0 Å². The number of hydrogen-bond donors (Lipinski definition) is 6. The van der Waals surface area contributed by atoms with Gasteiger partial charge in [0.1, 0.15) is 38.0 Å². The number of hydrogen-bond acceptors (Lipinski definition) is 15. The first-order chi connectivity index (χ1) is 16.5. The fourth-order valence-corrected chi connectivity index (χ4v) is 3.25. The molecule has 8 atom stereocenters. The zero-order chi connectivity index (χ0) is 26.1. The van der Waals surface area contributed by atoms with Gasteiger partial charge < -0.3 is 44.3 Å². The lowest BCUT2D eigenvalue weighted by atomic mass is 9.99. The summed E-state index contributed by atoms with van der Waals surface area (Å²) in [5.74, 6) is -3.89. The summed E-state index contributed by atoms with van der Waals surface area (Å²) in [6.07, 6.45) is -10.0. The molecule has 0 aliphatic carbocycles. The molecule has 2 fully saturated rings. The molecule has 0 spiro atoms. The van der Waals surface area contributed by atoms with E-state index in [0.717, 1.165) is 0 Å². The van der Waals surface area contributed by atoms with Gasteiger partial charge in [0.25, 0.3) is 0 Å². The predicted octanol–water partition coefficient (Wildman–Crippen LogP) is -5.29. The minimum atomic E-state index is -1.89. The van der Waals surface area contributed by atoms with Gasteiger partial charge in [-0.05, 0) is 0 Å². The molecule has 0 saturated carbocycles. The molecule has 0 aromatic heterocycles. The van der Waals surface area contributed by atoms with E-state index in [-0.39, 0.29) is 19.4 Å². The fourth-order valence-electron chi connectivity index (χ4n) is 3.25. The number of esters is 4. The van der Waals surface area contributed by atoms with Crippen molar-refractivity contribution < 1.29 is 73.9 Å². The summed E-state index contributed by atoms with van der Waals surface area (Å²) in [4.78, 5) is 47.2. The Morgan fingerprint density at radius 3 is 2.17 bits per heavy atom. The van der Waals surface area contributed by atoms with Crippen LogP contribution in [0.3, 0.4) is 0 Å². The number of aliphatic hydroxyl groups is 2. The van der Waals surface area contributed by atoms with Crippen LogP contribution in [0, 0.1) is 16.3 Å². The summed E-state index contributed by atoms with van der Waals surface area (Å²) in [7, 11) is 0. The number of ether oxygens (including phenoxy) is 5. The second-order valence-corrected chi connectivity index (χ2v) is 7.90. The van der Waals surface area contributed by atoms with Crippen LogP contribution in [0.25, 0.3) is 0 Å². The summed E-state index contributed by atoms with van der Waals surface area (Å²) >= 11 is 0. The Bertz CT molecular complexity index is 745. The number of aliphatic hydroxyl groups excluding tert-OH is 2. The molecule has 17 heteroatoms. The first kappa shape index (κ1) is 28.8. The van der Waals surface area contributed by atoms with Crippen LogP contribution in [0.5, 0.6) is 0 Å². The molecule has 2 heterocycles. The second-order valence-electron chi connectivity index (χ2n) is 7.90. The second kappa shape index (κ2) is 13.6. The maximum absolute atomic E-state index is 12.4. The first-order valence-corrected chi connectivity index (χ1v) is 10.6. The molecular formula is C18H28N2O15. The minimum absolute atomic E-state index is 0.0106. The Morgan fingerprint density at radius 2 is 1.60 bits per heavy atom. The highest BCUT2D eigenvalue weighted by Gasteiger charge is 2.49. The summed E-state index contributed by atoms with van der Waals surface area (Å²) in [6, 6.07) is 0. The van der Waals surface area contributed by atoms with E-state index in [0.29, 0.717) is 0 Å². The quantitative estimate of drug-likeness (QED) is 0.0811. The molecule has 2 saturated heterocycles. The van der Waals surface area contributed by atoms with E-state index >= 15 is 0 Å². The molecule has 6 N–H and O–H groups in total. The van der Waals surface area contributed by atoms with Crippen LogP contribution < -0.4 is 10.5 Å². The molecule has 200 valence electrons. The fraction of sp³-hybridized carbons (Fsp3) is 0.778. The van der Waals surface area contributed by atoms with Gasteiger partial charge in [0.2, 0.25) is 6.29 Å². The largest absolute Gasteiger partial charge is 0.600 e. The molecule has 35 heavy (non-hydrogen) atoms. The number of rotatable bonds is 12. The van der Waals surface area contributed by atoms with Gasteiger partial charge in [0.05, 0.1) is 32.3 Å². The number of hydroxylamine groups is 4. The Morgan fingerprint density at radius 1 is 0.971 bits per heavy atom. The summed E-state index contributed by atoms with van der Waals surface area (Å²) in [5.41, 5.74) is 0. The molecule has 2 unspecified atom stereocenters. The van der Waals surface area contributed by atoms with E-state index in [2.05, 4.69) is 0 Å². The Kier molecular flexibility index (Phi) is 11.1. The molecule has 0 aromatic rings. The van der Waals surface area contributed by atoms with Gasteiger partial charge in [0.15, 0.2) is 6.10 Å². The van der Waals surface area contributed by atoms with Crippen LogP contribution >= 0.6 is 0 Å². The monoisotopic (exact) mass is 512 g/mol. The molecular weight excluding hydrogens is 484 g/mol. The van der Waals surface area contributed by atoms with Gasteiger partial charge in [-0.15, -0.1) is 0 Å². The lowest BCUT2D eigenvalue weighted by molar-refractivity contribution is -1.05. The molecule has 2 aliphatic rings. The van der Waals surface area contributed by atoms with Crippen molar-refractivity contribution in [3.05, 3.63) is 10.4 Å². The lowest BCUT2D eigenvalue weighted by Crippen LogP contribution is -3.04. The van der Waals surface area contributed by atoms with Gasteiger partial charge in [-0.2, -0.15) is 0 Å². The van der Waals surface area contributed by atoms with Crippen LogP contribution in [-0.4, -0.2) is 102 Å². The third-order valence-corrected chi connectivity index (χ3v) is 5.04. The van der Waals surface area contributed by atoms with E-state index in [4.69, 9.17) is 34.1 Å². The molecule has 2 aliphatic heterocycles. The number of cyclic esters (lactones) is 1. The van der Waals surface area contributed by atoms with Crippen LogP contribution in [0.2, 0.25) is 0 Å². The number of nitrogens with one attached hydrogen (secondary N) is 2. The standard InChI is InChI=1S/C18H28N2O15/c21-11(1-3-19(27)28)32-8-10-15(25)16(26)17(34-12(22)2-4-20(29)30)18(33-10)35-14(24)6-9-5-13(23)31-7-9/h9-10,15-20,25-27,29H,1-8H2/t9-,10+,15+,16-,17+,18-/m0/s1. The van der Waals surface area contributed by atoms with Crippen molar-refractivity contribution >= 4 is 23.9 Å². The SMILES string of the molecule is O=C(CC[NH+]([O-])O)OC[C@H]1O[C@@H](OC(=O)C[C@H]2COC(=O)C2)[C@H](OC(=O)CC[NH+]([O-])O)[C@@H](O)[C@@H]1O. The van der Waals surface area contributed by atoms with E-state index in [1.807, 2.05) is 0 Å². The highest BCUT2D eigenvalue weighted by molar-refractivity contribution is 5.75. The minimum Gasteiger partial charge on any atom is -0.600 e. The van der Waals surface area contributed by atoms with E-state index in [1.54, 1.807) is 0 Å². The highest BCUT2D eigenvalue weighted by atomic mass is 16.8. The highest BCUT2D eigenvalue weighted by Crippen LogP contribution is 2.27. The summed E-state index contributed by atoms with van der Waals surface area (Å²) < 4.78 is 25.1. The molecule has 0 aromatic carbocycles. The van der Waals surface area contributed by atoms with Crippen LogP contribution in [-0.2, 0) is 42.9 Å². The van der Waals surface area contributed by atoms with Crippen molar-refractivity contribution in [3.8, 4) is 0 Å². The number of carbonyl (C=O) groups excluding carboxylic acids is 4.